The average molecular weight is 228 g/mol. The maximum atomic E-state index is 13.0. The van der Waals surface area contributed by atoms with E-state index in [0.29, 0.717) is 5.75 Å². The minimum atomic E-state index is -0.536. The number of ether oxygens (including phenoxy) is 1. The lowest BCUT2D eigenvalue weighted by molar-refractivity contribution is 0.261. The summed E-state index contributed by atoms with van der Waals surface area (Å²) in [4.78, 5) is 0. The van der Waals surface area contributed by atoms with Gasteiger partial charge in [0, 0.05) is 6.07 Å². The van der Waals surface area contributed by atoms with Gasteiger partial charge >= 0.3 is 6.39 Å². The molecule has 0 N–H and O–H groups in total. The lowest BCUT2D eigenvalue weighted by Gasteiger charge is -2.03. The van der Waals surface area contributed by atoms with Crippen LogP contribution in [-0.4, -0.2) is 10.2 Å². The Labute approximate surface area is 89.6 Å². The fourth-order valence-electron chi connectivity index (χ4n) is 0.940. The van der Waals surface area contributed by atoms with E-state index in [1.807, 2.05) is 0 Å². The van der Waals surface area contributed by atoms with Gasteiger partial charge in [-0.3, -0.25) is 0 Å². The Kier molecular flexibility index (Phi) is 2.82. The van der Waals surface area contributed by atoms with Gasteiger partial charge in [-0.25, -0.2) is 4.39 Å². The molecule has 2 aromatic rings. The van der Waals surface area contributed by atoms with Crippen LogP contribution in [0.15, 0.2) is 22.6 Å². The van der Waals surface area contributed by atoms with E-state index in [9.17, 15) is 4.39 Å². The van der Waals surface area contributed by atoms with Crippen LogP contribution in [0.2, 0.25) is 5.02 Å². The molecule has 0 bridgehead atoms. The number of aromatic nitrogens is 2. The fraction of sp³-hybridized carbons (Fsp3) is 0.111. The van der Waals surface area contributed by atoms with Gasteiger partial charge in [0.2, 0.25) is 0 Å². The van der Waals surface area contributed by atoms with Gasteiger partial charge in [-0.15, -0.1) is 10.2 Å². The Morgan fingerprint density at radius 2 is 2.40 bits per heavy atom. The predicted molar refractivity (Wildman–Crippen MR) is 48.9 cm³/mol. The van der Waals surface area contributed by atoms with Gasteiger partial charge < -0.3 is 9.15 Å². The highest BCUT2D eigenvalue weighted by molar-refractivity contribution is 6.30. The minimum Gasteiger partial charge on any atom is -0.484 e. The first kappa shape index (κ1) is 9.92. The van der Waals surface area contributed by atoms with Crippen LogP contribution in [0.1, 0.15) is 5.89 Å². The second kappa shape index (κ2) is 4.27. The molecule has 4 nitrogen and oxygen atoms in total. The minimum absolute atomic E-state index is 0.0495. The maximum Gasteiger partial charge on any atom is 0.306 e. The molecule has 1 aromatic carbocycles. The van der Waals surface area contributed by atoms with Crippen LogP contribution in [0.5, 0.6) is 5.75 Å². The summed E-state index contributed by atoms with van der Waals surface area (Å²) in [6.45, 7) is 0.0670. The summed E-state index contributed by atoms with van der Waals surface area (Å²) in [6, 6.07) is 4.14. The van der Waals surface area contributed by atoms with Gasteiger partial charge in [0.1, 0.15) is 11.6 Å². The first-order valence-corrected chi connectivity index (χ1v) is 4.40. The molecule has 15 heavy (non-hydrogen) atoms. The molecule has 0 unspecified atom stereocenters. The first-order chi connectivity index (χ1) is 7.25. The van der Waals surface area contributed by atoms with Crippen molar-refractivity contribution in [3.63, 3.8) is 0 Å². The van der Waals surface area contributed by atoms with Crippen molar-refractivity contribution >= 4 is 11.6 Å². The predicted octanol–water partition coefficient (Wildman–Crippen LogP) is 2.24. The molecule has 1 aromatic heterocycles. The second-order valence-corrected chi connectivity index (χ2v) is 3.06. The van der Waals surface area contributed by atoms with Crippen molar-refractivity contribution in [1.29, 1.82) is 0 Å². The summed E-state index contributed by atoms with van der Waals surface area (Å²) in [7, 11) is 0. The quantitative estimate of drug-likeness (QED) is 0.807. The maximum absolute atomic E-state index is 13.0. The van der Waals surface area contributed by atoms with Gasteiger partial charge in [-0.05, 0) is 12.1 Å². The number of halogens is 2. The zero-order valence-electron chi connectivity index (χ0n) is 7.41. The summed E-state index contributed by atoms with van der Waals surface area (Å²) in [5.74, 6) is 0.0757. The van der Waals surface area contributed by atoms with Crippen LogP contribution in [-0.2, 0) is 6.61 Å². The Balaban J connectivity index is 2.02. The van der Waals surface area contributed by atoms with Crippen molar-refractivity contribution in [3.8, 4) is 5.75 Å². The number of hydrogen-bond acceptors (Lipinski definition) is 4. The van der Waals surface area contributed by atoms with E-state index >= 15 is 0 Å². The largest absolute Gasteiger partial charge is 0.484 e. The van der Waals surface area contributed by atoms with E-state index in [1.54, 1.807) is 6.07 Å². The Morgan fingerprint density at radius 3 is 3.07 bits per heavy atom. The molecule has 0 aliphatic carbocycles. The Morgan fingerprint density at radius 1 is 1.53 bits per heavy atom. The molecule has 2 rings (SSSR count). The zero-order chi connectivity index (χ0) is 10.7. The molecule has 0 saturated carbocycles. The lowest BCUT2D eigenvalue weighted by Crippen LogP contribution is -1.96. The van der Waals surface area contributed by atoms with Crippen LogP contribution >= 0.6 is 11.6 Å². The van der Waals surface area contributed by atoms with E-state index in [1.165, 1.54) is 12.1 Å². The highest BCUT2D eigenvalue weighted by atomic mass is 35.5. The van der Waals surface area contributed by atoms with Crippen molar-refractivity contribution < 1.29 is 13.5 Å². The van der Waals surface area contributed by atoms with Crippen LogP contribution < -0.4 is 4.74 Å². The Bertz CT molecular complexity index is 447. The molecule has 0 saturated heterocycles. The molecule has 0 atom stereocenters. The summed E-state index contributed by atoms with van der Waals surface area (Å²) in [6.07, 6.45) is 2.18. The van der Waals surface area contributed by atoms with Gasteiger partial charge in [0.05, 0.1) is 5.02 Å². The van der Waals surface area contributed by atoms with E-state index < -0.39 is 5.82 Å². The monoisotopic (exact) mass is 227 g/mol. The highest BCUT2D eigenvalue weighted by Gasteiger charge is 2.04. The average Bonchev–Trinajstić information content (AvgIpc) is 2.73. The third-order valence-electron chi connectivity index (χ3n) is 1.62. The number of benzene rings is 1. The zero-order valence-corrected chi connectivity index (χ0v) is 8.16. The summed E-state index contributed by atoms with van der Waals surface area (Å²) in [5, 5.41) is 6.95. The molecule has 0 fully saturated rings. The number of nitrogens with zero attached hydrogens (tertiary/aromatic N) is 2. The number of hydrogen-bond donors (Lipinski definition) is 0. The number of rotatable bonds is 3. The topological polar surface area (TPSA) is 48.2 Å². The molecule has 0 aliphatic rings. The van der Waals surface area contributed by atoms with Crippen LogP contribution in [0.4, 0.5) is 4.39 Å². The molecule has 0 spiro atoms. The van der Waals surface area contributed by atoms with Crippen LogP contribution in [0.3, 0.4) is 0 Å². The van der Waals surface area contributed by atoms with E-state index in [-0.39, 0.29) is 17.5 Å². The third-order valence-corrected chi connectivity index (χ3v) is 1.93. The van der Waals surface area contributed by atoms with Crippen molar-refractivity contribution in [3.05, 3.63) is 41.3 Å². The molecule has 6 heteroatoms. The standard InChI is InChI=1S/C9H5ClFN2O2/c10-7-2-1-6(3-8(7)11)14-4-9-13-12-5-15-9/h1-3H,4H2. The molecule has 77 valence electrons. The summed E-state index contributed by atoms with van der Waals surface area (Å²) < 4.78 is 22.9. The SMILES string of the molecule is Fc1cc(OCc2nn[c]o2)ccc1Cl. The summed E-state index contributed by atoms with van der Waals surface area (Å²) >= 11 is 5.50. The van der Waals surface area contributed by atoms with Gasteiger partial charge in [-0.2, -0.15) is 0 Å². The molecular weight excluding hydrogens is 223 g/mol. The van der Waals surface area contributed by atoms with Gasteiger partial charge in [-0.1, -0.05) is 11.6 Å². The molecule has 0 aliphatic heterocycles. The van der Waals surface area contributed by atoms with E-state index in [0.717, 1.165) is 0 Å². The lowest BCUT2D eigenvalue weighted by atomic mass is 10.3. The fourth-order valence-corrected chi connectivity index (χ4v) is 1.06. The third kappa shape index (κ3) is 2.44. The Hall–Kier alpha value is -1.62. The van der Waals surface area contributed by atoms with Crippen molar-refractivity contribution in [2.75, 3.05) is 0 Å². The molecule has 1 radical (unpaired) electrons. The van der Waals surface area contributed by atoms with Crippen molar-refractivity contribution in [1.82, 2.24) is 10.2 Å². The molecule has 0 amide bonds. The van der Waals surface area contributed by atoms with Gasteiger partial charge in [0.15, 0.2) is 6.61 Å². The molecular formula is C9H5ClFN2O2. The van der Waals surface area contributed by atoms with E-state index in [4.69, 9.17) is 20.8 Å². The molecule has 1 heterocycles. The van der Waals surface area contributed by atoms with Crippen molar-refractivity contribution in [2.45, 2.75) is 6.61 Å². The van der Waals surface area contributed by atoms with E-state index in [2.05, 4.69) is 16.6 Å². The van der Waals surface area contributed by atoms with Gasteiger partial charge in [0.25, 0.3) is 5.89 Å². The highest BCUT2D eigenvalue weighted by Crippen LogP contribution is 2.20. The van der Waals surface area contributed by atoms with Crippen LogP contribution in [0.25, 0.3) is 0 Å². The normalized spacial score (nSPS) is 10.3. The first-order valence-electron chi connectivity index (χ1n) is 4.02. The summed E-state index contributed by atoms with van der Waals surface area (Å²) in [5.41, 5.74) is 0. The smallest absolute Gasteiger partial charge is 0.306 e. The second-order valence-electron chi connectivity index (χ2n) is 2.65. The van der Waals surface area contributed by atoms with Crippen molar-refractivity contribution in [2.24, 2.45) is 0 Å². The van der Waals surface area contributed by atoms with Crippen LogP contribution in [0, 0.1) is 12.2 Å².